The molecule has 0 saturated heterocycles. The first kappa shape index (κ1) is 17.3. The Morgan fingerprint density at radius 1 is 0.840 bits per heavy atom. The lowest BCUT2D eigenvalue weighted by Crippen LogP contribution is -2.13. The SMILES string of the molecule is CCOC(OCC)c1cn(C(c2ccccc2)c2ccccc2)nn1. The van der Waals surface area contributed by atoms with Crippen LogP contribution in [0.5, 0.6) is 0 Å². The lowest BCUT2D eigenvalue weighted by atomic mass is 9.99. The van der Waals surface area contributed by atoms with Crippen molar-refractivity contribution in [1.82, 2.24) is 15.0 Å². The van der Waals surface area contributed by atoms with Crippen molar-refractivity contribution in [2.75, 3.05) is 13.2 Å². The second-order valence-electron chi connectivity index (χ2n) is 5.59. The highest BCUT2D eigenvalue weighted by Crippen LogP contribution is 2.27. The maximum atomic E-state index is 5.63. The molecule has 5 heteroatoms. The summed E-state index contributed by atoms with van der Waals surface area (Å²) in [5.74, 6) is 0. The van der Waals surface area contributed by atoms with Crippen LogP contribution in [0.3, 0.4) is 0 Å². The molecule has 5 nitrogen and oxygen atoms in total. The van der Waals surface area contributed by atoms with Gasteiger partial charge in [-0.15, -0.1) is 5.10 Å². The summed E-state index contributed by atoms with van der Waals surface area (Å²) in [6.45, 7) is 4.98. The molecule has 0 aliphatic carbocycles. The summed E-state index contributed by atoms with van der Waals surface area (Å²) in [6.07, 6.45) is 1.41. The topological polar surface area (TPSA) is 49.2 Å². The van der Waals surface area contributed by atoms with Gasteiger partial charge in [0.15, 0.2) is 0 Å². The first-order chi connectivity index (χ1) is 12.3. The number of hydrogen-bond donors (Lipinski definition) is 0. The van der Waals surface area contributed by atoms with Crippen molar-refractivity contribution in [2.45, 2.75) is 26.2 Å². The lowest BCUT2D eigenvalue weighted by Gasteiger charge is -2.18. The number of aromatic nitrogens is 3. The van der Waals surface area contributed by atoms with Gasteiger partial charge in [-0.25, -0.2) is 4.68 Å². The van der Waals surface area contributed by atoms with E-state index in [0.717, 1.165) is 11.1 Å². The Bertz CT molecular complexity index is 713. The zero-order valence-electron chi connectivity index (χ0n) is 14.6. The Morgan fingerprint density at radius 3 is 1.84 bits per heavy atom. The quantitative estimate of drug-likeness (QED) is 0.583. The molecule has 130 valence electrons. The van der Waals surface area contributed by atoms with Crippen LogP contribution in [0.4, 0.5) is 0 Å². The third kappa shape index (κ3) is 4.13. The molecule has 0 unspecified atom stereocenters. The van der Waals surface area contributed by atoms with Gasteiger partial charge in [0.05, 0.1) is 6.20 Å². The zero-order chi connectivity index (χ0) is 17.5. The van der Waals surface area contributed by atoms with E-state index in [-0.39, 0.29) is 6.04 Å². The molecule has 3 aromatic rings. The molecule has 0 N–H and O–H groups in total. The second-order valence-corrected chi connectivity index (χ2v) is 5.59. The number of hydrogen-bond acceptors (Lipinski definition) is 4. The Hall–Kier alpha value is -2.50. The number of nitrogens with zero attached hydrogens (tertiary/aromatic N) is 3. The van der Waals surface area contributed by atoms with E-state index < -0.39 is 6.29 Å². The summed E-state index contributed by atoms with van der Waals surface area (Å²) in [5.41, 5.74) is 2.98. The predicted octanol–water partition coefficient (Wildman–Crippen LogP) is 3.99. The maximum Gasteiger partial charge on any atom is 0.204 e. The average molecular weight is 337 g/mol. The molecule has 0 amide bonds. The average Bonchev–Trinajstić information content (AvgIpc) is 3.13. The smallest absolute Gasteiger partial charge is 0.204 e. The molecule has 25 heavy (non-hydrogen) atoms. The molecular weight excluding hydrogens is 314 g/mol. The standard InChI is InChI=1S/C20H23N3O2/c1-3-24-20(25-4-2)18-15-23(22-21-18)19(16-11-7-5-8-12-16)17-13-9-6-10-14-17/h5-15,19-20H,3-4H2,1-2H3. The molecule has 0 bridgehead atoms. The molecule has 0 fully saturated rings. The van der Waals surface area contributed by atoms with E-state index in [1.54, 1.807) is 0 Å². The Labute approximate surface area is 148 Å². The first-order valence-corrected chi connectivity index (χ1v) is 8.58. The highest BCUT2D eigenvalue weighted by molar-refractivity contribution is 5.32. The fourth-order valence-corrected chi connectivity index (χ4v) is 2.81. The van der Waals surface area contributed by atoms with Gasteiger partial charge in [0.2, 0.25) is 6.29 Å². The minimum Gasteiger partial charge on any atom is -0.347 e. The zero-order valence-corrected chi connectivity index (χ0v) is 14.6. The van der Waals surface area contributed by atoms with Gasteiger partial charge in [-0.3, -0.25) is 0 Å². The van der Waals surface area contributed by atoms with Gasteiger partial charge in [-0.1, -0.05) is 65.9 Å². The van der Waals surface area contributed by atoms with Crippen LogP contribution in [0, 0.1) is 0 Å². The summed E-state index contributed by atoms with van der Waals surface area (Å²) < 4.78 is 13.1. The summed E-state index contributed by atoms with van der Waals surface area (Å²) in [5, 5.41) is 8.65. The molecular formula is C20H23N3O2. The van der Waals surface area contributed by atoms with E-state index in [1.807, 2.05) is 61.1 Å². The predicted molar refractivity (Wildman–Crippen MR) is 96.1 cm³/mol. The van der Waals surface area contributed by atoms with E-state index in [2.05, 4.69) is 34.6 Å². The van der Waals surface area contributed by atoms with Gasteiger partial charge in [0.25, 0.3) is 0 Å². The second kappa shape index (κ2) is 8.55. The van der Waals surface area contributed by atoms with E-state index >= 15 is 0 Å². The van der Waals surface area contributed by atoms with Gasteiger partial charge < -0.3 is 9.47 Å². The van der Waals surface area contributed by atoms with Crippen molar-refractivity contribution in [3.63, 3.8) is 0 Å². The van der Waals surface area contributed by atoms with Gasteiger partial charge >= 0.3 is 0 Å². The van der Waals surface area contributed by atoms with E-state index in [9.17, 15) is 0 Å². The fraction of sp³-hybridized carbons (Fsp3) is 0.300. The van der Waals surface area contributed by atoms with E-state index in [4.69, 9.17) is 9.47 Å². The van der Waals surface area contributed by atoms with Crippen LogP contribution in [0.25, 0.3) is 0 Å². The highest BCUT2D eigenvalue weighted by atomic mass is 16.7. The van der Waals surface area contributed by atoms with Gasteiger partial charge in [0, 0.05) is 13.2 Å². The van der Waals surface area contributed by atoms with Crippen molar-refractivity contribution in [2.24, 2.45) is 0 Å². The Balaban J connectivity index is 1.97. The van der Waals surface area contributed by atoms with Crippen LogP contribution < -0.4 is 0 Å². The molecule has 0 aliphatic rings. The fourth-order valence-electron chi connectivity index (χ4n) is 2.81. The number of ether oxygens (including phenoxy) is 2. The van der Waals surface area contributed by atoms with Crippen molar-refractivity contribution >= 4 is 0 Å². The maximum absolute atomic E-state index is 5.63. The lowest BCUT2D eigenvalue weighted by molar-refractivity contribution is -0.142. The van der Waals surface area contributed by atoms with Crippen molar-refractivity contribution in [3.05, 3.63) is 83.7 Å². The van der Waals surface area contributed by atoms with Crippen molar-refractivity contribution in [1.29, 1.82) is 0 Å². The third-order valence-electron chi connectivity index (χ3n) is 3.90. The van der Waals surface area contributed by atoms with Crippen LogP contribution in [0.2, 0.25) is 0 Å². The summed E-state index contributed by atoms with van der Waals surface area (Å²) in [4.78, 5) is 0. The Morgan fingerprint density at radius 2 is 1.36 bits per heavy atom. The molecule has 2 aromatic carbocycles. The molecule has 1 heterocycles. The van der Waals surface area contributed by atoms with Gasteiger partial charge in [-0.05, 0) is 25.0 Å². The normalized spacial score (nSPS) is 11.4. The van der Waals surface area contributed by atoms with Crippen LogP contribution in [-0.4, -0.2) is 28.2 Å². The molecule has 1 aromatic heterocycles. The first-order valence-electron chi connectivity index (χ1n) is 8.58. The van der Waals surface area contributed by atoms with Crippen LogP contribution in [0.15, 0.2) is 66.9 Å². The van der Waals surface area contributed by atoms with Crippen LogP contribution in [-0.2, 0) is 9.47 Å². The van der Waals surface area contributed by atoms with Crippen LogP contribution >= 0.6 is 0 Å². The van der Waals surface area contributed by atoms with Crippen molar-refractivity contribution in [3.8, 4) is 0 Å². The van der Waals surface area contributed by atoms with Gasteiger partial charge in [0.1, 0.15) is 11.7 Å². The number of rotatable bonds is 8. The Kier molecular flexibility index (Phi) is 5.93. The number of benzene rings is 2. The van der Waals surface area contributed by atoms with Crippen LogP contribution in [0.1, 0.15) is 43.0 Å². The van der Waals surface area contributed by atoms with Gasteiger partial charge in [-0.2, -0.15) is 0 Å². The minimum absolute atomic E-state index is 0.0486. The molecule has 0 aliphatic heterocycles. The molecule has 0 atom stereocenters. The monoisotopic (exact) mass is 337 g/mol. The molecule has 0 spiro atoms. The highest BCUT2D eigenvalue weighted by Gasteiger charge is 2.21. The van der Waals surface area contributed by atoms with E-state index in [0.29, 0.717) is 18.9 Å². The summed E-state index contributed by atoms with van der Waals surface area (Å²) in [6, 6.07) is 20.5. The van der Waals surface area contributed by atoms with Crippen molar-refractivity contribution < 1.29 is 9.47 Å². The van der Waals surface area contributed by atoms with E-state index in [1.165, 1.54) is 0 Å². The summed E-state index contributed by atoms with van der Waals surface area (Å²) in [7, 11) is 0. The molecule has 3 rings (SSSR count). The molecule has 0 saturated carbocycles. The third-order valence-corrected chi connectivity index (χ3v) is 3.90. The summed E-state index contributed by atoms with van der Waals surface area (Å²) >= 11 is 0. The largest absolute Gasteiger partial charge is 0.347 e. The minimum atomic E-state index is -0.490. The molecule has 0 radical (unpaired) electrons.